The van der Waals surface area contributed by atoms with Gasteiger partial charge in [-0.1, -0.05) is 48.0 Å². The zero-order valence-corrected chi connectivity index (χ0v) is 17.2. The van der Waals surface area contributed by atoms with Crippen molar-refractivity contribution in [3.05, 3.63) is 89.2 Å². The summed E-state index contributed by atoms with van der Waals surface area (Å²) in [5, 5.41) is 19.2. The molecule has 0 aliphatic heterocycles. The van der Waals surface area contributed by atoms with Gasteiger partial charge in [0.05, 0.1) is 37.3 Å². The summed E-state index contributed by atoms with van der Waals surface area (Å²) in [7, 11) is 1.59. The minimum atomic E-state index is -0.306. The number of aromatic nitrogens is 3. The number of rotatable bonds is 7. The number of aliphatic hydroxyl groups is 1. The van der Waals surface area contributed by atoms with Crippen molar-refractivity contribution in [2.45, 2.75) is 25.9 Å². The SMILES string of the molecule is COc1ncccc1CC(CO)n1c(=N)n(Cc2ccc(C)cc2)c2ccccc21. The van der Waals surface area contributed by atoms with Crippen molar-refractivity contribution in [1.29, 1.82) is 5.41 Å². The van der Waals surface area contributed by atoms with Gasteiger partial charge < -0.3 is 19.0 Å². The minimum absolute atomic E-state index is 0.0901. The van der Waals surface area contributed by atoms with Crippen LogP contribution in [-0.2, 0) is 13.0 Å². The van der Waals surface area contributed by atoms with E-state index in [0.29, 0.717) is 24.5 Å². The molecule has 2 N–H and O–H groups in total. The van der Waals surface area contributed by atoms with Gasteiger partial charge in [-0.2, -0.15) is 0 Å². The lowest BCUT2D eigenvalue weighted by atomic mass is 10.1. The van der Waals surface area contributed by atoms with Crippen LogP contribution < -0.4 is 10.4 Å². The number of pyridine rings is 1. The van der Waals surface area contributed by atoms with Gasteiger partial charge in [-0.15, -0.1) is 0 Å². The second-order valence-electron chi connectivity index (χ2n) is 7.47. The molecule has 4 rings (SSSR count). The van der Waals surface area contributed by atoms with Gasteiger partial charge in [0.2, 0.25) is 11.5 Å². The topological polar surface area (TPSA) is 76.1 Å². The first kappa shape index (κ1) is 19.9. The van der Waals surface area contributed by atoms with Crippen molar-refractivity contribution in [3.8, 4) is 5.88 Å². The van der Waals surface area contributed by atoms with Crippen molar-refractivity contribution >= 4 is 11.0 Å². The van der Waals surface area contributed by atoms with E-state index in [-0.39, 0.29) is 12.6 Å². The molecule has 2 aromatic carbocycles. The Hall–Kier alpha value is -3.38. The van der Waals surface area contributed by atoms with E-state index in [9.17, 15) is 5.11 Å². The molecule has 6 nitrogen and oxygen atoms in total. The smallest absolute Gasteiger partial charge is 0.216 e. The number of nitrogens with zero attached hydrogens (tertiary/aromatic N) is 3. The zero-order valence-electron chi connectivity index (χ0n) is 17.2. The fourth-order valence-electron chi connectivity index (χ4n) is 3.91. The van der Waals surface area contributed by atoms with Gasteiger partial charge in [-0.25, -0.2) is 4.98 Å². The predicted octanol–water partition coefficient (Wildman–Crippen LogP) is 3.46. The largest absolute Gasteiger partial charge is 0.481 e. The number of nitrogens with one attached hydrogen (secondary N) is 1. The highest BCUT2D eigenvalue weighted by Crippen LogP contribution is 2.24. The quantitative estimate of drug-likeness (QED) is 0.497. The molecule has 154 valence electrons. The van der Waals surface area contributed by atoms with E-state index in [2.05, 4.69) is 36.2 Å². The molecule has 0 saturated carbocycles. The van der Waals surface area contributed by atoms with Crippen molar-refractivity contribution in [2.75, 3.05) is 13.7 Å². The lowest BCUT2D eigenvalue weighted by Gasteiger charge is -2.18. The lowest BCUT2D eigenvalue weighted by molar-refractivity contribution is 0.224. The number of aliphatic hydroxyl groups excluding tert-OH is 1. The van der Waals surface area contributed by atoms with E-state index in [1.165, 1.54) is 5.56 Å². The van der Waals surface area contributed by atoms with Crippen LogP contribution in [0.3, 0.4) is 0 Å². The van der Waals surface area contributed by atoms with Crippen molar-refractivity contribution in [3.63, 3.8) is 0 Å². The molecule has 1 unspecified atom stereocenters. The van der Waals surface area contributed by atoms with Crippen LogP contribution in [0.5, 0.6) is 5.88 Å². The van der Waals surface area contributed by atoms with E-state index < -0.39 is 0 Å². The molecule has 0 saturated heterocycles. The number of ether oxygens (including phenoxy) is 1. The summed E-state index contributed by atoms with van der Waals surface area (Å²) in [5.41, 5.74) is 5.51. The number of hydrogen-bond donors (Lipinski definition) is 2. The molecule has 0 fully saturated rings. The number of hydrogen-bond acceptors (Lipinski definition) is 4. The standard InChI is InChI=1S/C24H26N4O2/c1-17-9-11-18(12-10-17)15-27-21-7-3-4-8-22(21)28(24(27)25)20(16-29)14-19-6-5-13-26-23(19)30-2/h3-13,20,25,29H,14-16H2,1-2H3. The van der Waals surface area contributed by atoms with Crippen LogP contribution in [-0.4, -0.2) is 32.9 Å². The highest BCUT2D eigenvalue weighted by atomic mass is 16.5. The highest BCUT2D eigenvalue weighted by Gasteiger charge is 2.20. The van der Waals surface area contributed by atoms with E-state index >= 15 is 0 Å². The van der Waals surface area contributed by atoms with Crippen LogP contribution in [0.15, 0.2) is 66.9 Å². The monoisotopic (exact) mass is 402 g/mol. The van der Waals surface area contributed by atoms with Gasteiger partial charge in [0.25, 0.3) is 0 Å². The normalized spacial score (nSPS) is 12.2. The van der Waals surface area contributed by atoms with Crippen LogP contribution >= 0.6 is 0 Å². The van der Waals surface area contributed by atoms with Crippen LogP contribution in [0.4, 0.5) is 0 Å². The molecular weight excluding hydrogens is 376 g/mol. The zero-order chi connectivity index (χ0) is 21.1. The molecule has 6 heteroatoms. The van der Waals surface area contributed by atoms with Gasteiger partial charge in [0.1, 0.15) is 0 Å². The molecule has 0 radical (unpaired) electrons. The van der Waals surface area contributed by atoms with Gasteiger partial charge in [-0.3, -0.25) is 5.41 Å². The fourth-order valence-corrected chi connectivity index (χ4v) is 3.91. The van der Waals surface area contributed by atoms with Gasteiger partial charge in [-0.05, 0) is 30.7 Å². The number of para-hydroxylation sites is 2. The van der Waals surface area contributed by atoms with Crippen LogP contribution in [0, 0.1) is 12.3 Å². The van der Waals surface area contributed by atoms with Crippen molar-refractivity contribution < 1.29 is 9.84 Å². The number of benzene rings is 2. The maximum Gasteiger partial charge on any atom is 0.216 e. The van der Waals surface area contributed by atoms with Gasteiger partial charge in [0, 0.05) is 18.2 Å². The molecule has 2 aromatic heterocycles. The summed E-state index contributed by atoms with van der Waals surface area (Å²) in [6, 6.07) is 19.8. The maximum atomic E-state index is 10.2. The number of aryl methyl sites for hydroxylation is 1. The Kier molecular flexibility index (Phi) is 5.68. The summed E-state index contributed by atoms with van der Waals surface area (Å²) < 4.78 is 9.29. The van der Waals surface area contributed by atoms with Crippen LogP contribution in [0.25, 0.3) is 11.0 Å². The second kappa shape index (κ2) is 8.55. The fraction of sp³-hybridized carbons (Fsp3) is 0.250. The Bertz CT molecular complexity index is 1210. The summed E-state index contributed by atoms with van der Waals surface area (Å²) in [6.07, 6.45) is 2.20. The molecule has 30 heavy (non-hydrogen) atoms. The van der Waals surface area contributed by atoms with E-state index in [1.54, 1.807) is 13.3 Å². The third kappa shape index (κ3) is 3.74. The lowest BCUT2D eigenvalue weighted by Crippen LogP contribution is -2.30. The third-order valence-electron chi connectivity index (χ3n) is 5.45. The van der Waals surface area contributed by atoms with E-state index in [1.807, 2.05) is 45.5 Å². The molecular formula is C24H26N4O2. The minimum Gasteiger partial charge on any atom is -0.481 e. The maximum absolute atomic E-state index is 10.2. The molecule has 4 aromatic rings. The Morgan fingerprint density at radius 2 is 1.77 bits per heavy atom. The van der Waals surface area contributed by atoms with E-state index in [0.717, 1.165) is 22.2 Å². The highest BCUT2D eigenvalue weighted by molar-refractivity contribution is 5.76. The summed E-state index contributed by atoms with van der Waals surface area (Å²) in [4.78, 5) is 4.27. The van der Waals surface area contributed by atoms with Gasteiger partial charge >= 0.3 is 0 Å². The predicted molar refractivity (Wildman–Crippen MR) is 117 cm³/mol. The average Bonchev–Trinajstić information content (AvgIpc) is 3.05. The Morgan fingerprint density at radius 3 is 2.47 bits per heavy atom. The number of fused-ring (bicyclic) bond motifs is 1. The molecule has 0 bridgehead atoms. The van der Waals surface area contributed by atoms with Crippen LogP contribution in [0.2, 0.25) is 0 Å². The Morgan fingerprint density at radius 1 is 1.03 bits per heavy atom. The first-order valence-corrected chi connectivity index (χ1v) is 10.0. The summed E-state index contributed by atoms with van der Waals surface area (Å²) in [6.45, 7) is 2.57. The van der Waals surface area contributed by atoms with Gasteiger partial charge in [0.15, 0.2) is 0 Å². The first-order valence-electron chi connectivity index (χ1n) is 10.0. The second-order valence-corrected chi connectivity index (χ2v) is 7.47. The molecule has 0 spiro atoms. The molecule has 0 aliphatic rings. The van der Waals surface area contributed by atoms with Crippen LogP contribution in [0.1, 0.15) is 22.7 Å². The summed E-state index contributed by atoms with van der Waals surface area (Å²) in [5.74, 6) is 0.548. The Labute approximate surface area is 175 Å². The van der Waals surface area contributed by atoms with E-state index in [4.69, 9.17) is 10.1 Å². The molecule has 0 aliphatic carbocycles. The molecule has 2 heterocycles. The van der Waals surface area contributed by atoms with Crippen molar-refractivity contribution in [1.82, 2.24) is 14.1 Å². The van der Waals surface area contributed by atoms with Crippen molar-refractivity contribution in [2.24, 2.45) is 0 Å². The first-order chi connectivity index (χ1) is 14.6. The number of imidazole rings is 1. The molecule has 1 atom stereocenters. The summed E-state index contributed by atoms with van der Waals surface area (Å²) >= 11 is 0. The molecule has 0 amide bonds. The average molecular weight is 402 g/mol. The third-order valence-corrected chi connectivity index (χ3v) is 5.45. The Balaban J connectivity index is 1.79. The number of methoxy groups -OCH3 is 1.